The Bertz CT molecular complexity index is 898. The number of nitrogens with zero attached hydrogens (tertiary/aromatic N) is 2. The Balaban J connectivity index is 1.81. The fourth-order valence-corrected chi connectivity index (χ4v) is 3.19. The summed E-state index contributed by atoms with van der Waals surface area (Å²) in [7, 11) is 0. The molecule has 1 aromatic rings. The molecule has 8 heteroatoms. The van der Waals surface area contributed by atoms with E-state index in [0.717, 1.165) is 15.4 Å². The predicted molar refractivity (Wildman–Crippen MR) is 97.0 cm³/mol. The number of hydrogen-bond donors (Lipinski definition) is 0. The second-order valence-electron chi connectivity index (χ2n) is 8.05. The van der Waals surface area contributed by atoms with E-state index in [0.29, 0.717) is 0 Å². The molecule has 0 spiro atoms. The van der Waals surface area contributed by atoms with E-state index in [-0.39, 0.29) is 24.0 Å². The van der Waals surface area contributed by atoms with Crippen molar-refractivity contribution in [1.29, 1.82) is 0 Å². The number of ether oxygens (including phenoxy) is 1. The van der Waals surface area contributed by atoms with Gasteiger partial charge in [-0.2, -0.15) is 0 Å². The Hall–Kier alpha value is -3.03. The van der Waals surface area contributed by atoms with E-state index in [1.165, 1.54) is 0 Å². The summed E-state index contributed by atoms with van der Waals surface area (Å²) >= 11 is 0. The van der Waals surface area contributed by atoms with Crippen molar-refractivity contribution < 1.29 is 28.7 Å². The summed E-state index contributed by atoms with van der Waals surface area (Å²) < 4.78 is 5.09. The van der Waals surface area contributed by atoms with Gasteiger partial charge in [0.05, 0.1) is 16.5 Å². The van der Waals surface area contributed by atoms with Gasteiger partial charge < -0.3 is 4.74 Å². The molecule has 2 aliphatic heterocycles. The zero-order valence-corrected chi connectivity index (χ0v) is 16.3. The highest BCUT2D eigenvalue weighted by atomic mass is 16.5. The van der Waals surface area contributed by atoms with E-state index in [2.05, 4.69) is 0 Å². The van der Waals surface area contributed by atoms with Gasteiger partial charge in [0.2, 0.25) is 5.91 Å². The first-order valence-corrected chi connectivity index (χ1v) is 9.02. The molecule has 1 fully saturated rings. The monoisotopic (exact) mass is 386 g/mol. The minimum atomic E-state index is -1.10. The van der Waals surface area contributed by atoms with Gasteiger partial charge in [-0.1, -0.05) is 11.6 Å². The van der Waals surface area contributed by atoms with Crippen molar-refractivity contribution in [2.24, 2.45) is 5.41 Å². The molecule has 1 atom stereocenters. The van der Waals surface area contributed by atoms with Crippen LogP contribution < -0.4 is 0 Å². The number of fused-ring (bicyclic) bond motifs is 1. The van der Waals surface area contributed by atoms with Crippen LogP contribution in [-0.4, -0.2) is 52.2 Å². The third kappa shape index (κ3) is 3.30. The average molecular weight is 386 g/mol. The van der Waals surface area contributed by atoms with Crippen LogP contribution in [0.25, 0.3) is 0 Å². The average Bonchev–Trinajstić information content (AvgIpc) is 2.85. The smallest absolute Gasteiger partial charge is 0.312 e. The first-order valence-electron chi connectivity index (χ1n) is 9.02. The first-order chi connectivity index (χ1) is 13.0. The summed E-state index contributed by atoms with van der Waals surface area (Å²) in [6.45, 7) is 6.22. The van der Waals surface area contributed by atoms with Crippen molar-refractivity contribution in [2.75, 3.05) is 6.73 Å². The van der Waals surface area contributed by atoms with E-state index >= 15 is 0 Å². The summed E-state index contributed by atoms with van der Waals surface area (Å²) in [6, 6.07) is 3.79. The van der Waals surface area contributed by atoms with Crippen molar-refractivity contribution >= 4 is 29.6 Å². The quantitative estimate of drug-likeness (QED) is 0.578. The largest absolute Gasteiger partial charge is 0.443 e. The van der Waals surface area contributed by atoms with Crippen LogP contribution in [0, 0.1) is 12.3 Å². The highest BCUT2D eigenvalue weighted by Gasteiger charge is 2.47. The lowest BCUT2D eigenvalue weighted by molar-refractivity contribution is -0.168. The molecule has 0 aliphatic carbocycles. The molecule has 0 saturated carbocycles. The van der Waals surface area contributed by atoms with Gasteiger partial charge in [-0.15, -0.1) is 0 Å². The molecule has 148 valence electrons. The van der Waals surface area contributed by atoms with Crippen molar-refractivity contribution in [1.82, 2.24) is 9.80 Å². The number of imide groups is 2. The van der Waals surface area contributed by atoms with Crippen LogP contribution >= 0.6 is 0 Å². The molecular weight excluding hydrogens is 364 g/mol. The number of amides is 4. The van der Waals surface area contributed by atoms with Crippen LogP contribution in [0.15, 0.2) is 18.2 Å². The molecule has 2 aliphatic rings. The second kappa shape index (κ2) is 6.85. The van der Waals surface area contributed by atoms with Crippen molar-refractivity contribution in [3.05, 3.63) is 34.9 Å². The van der Waals surface area contributed by atoms with Crippen molar-refractivity contribution in [2.45, 2.75) is 46.6 Å². The molecule has 0 radical (unpaired) electrons. The molecule has 1 saturated heterocycles. The fourth-order valence-electron chi connectivity index (χ4n) is 3.19. The van der Waals surface area contributed by atoms with Crippen LogP contribution in [0.4, 0.5) is 0 Å². The lowest BCUT2D eigenvalue weighted by atomic mass is 9.97. The normalized spacial score (nSPS) is 19.9. The molecule has 1 unspecified atom stereocenters. The number of hydrogen-bond acceptors (Lipinski definition) is 6. The number of benzene rings is 1. The lowest BCUT2D eigenvalue weighted by Gasteiger charge is -2.34. The Morgan fingerprint density at radius 1 is 1.11 bits per heavy atom. The molecule has 0 N–H and O–H groups in total. The molecule has 28 heavy (non-hydrogen) atoms. The summed E-state index contributed by atoms with van der Waals surface area (Å²) in [5.74, 6) is -2.90. The molecule has 3 rings (SSSR count). The van der Waals surface area contributed by atoms with Gasteiger partial charge in [-0.05, 0) is 46.2 Å². The Morgan fingerprint density at radius 3 is 2.39 bits per heavy atom. The summed E-state index contributed by atoms with van der Waals surface area (Å²) in [5, 5.41) is 0. The van der Waals surface area contributed by atoms with E-state index < -0.39 is 47.8 Å². The number of likely N-dealkylation sites (tertiary alicyclic amines) is 1. The number of carbonyl (C=O) groups is 5. The van der Waals surface area contributed by atoms with E-state index in [1.54, 1.807) is 45.9 Å². The van der Waals surface area contributed by atoms with Gasteiger partial charge >= 0.3 is 5.97 Å². The third-order valence-corrected chi connectivity index (χ3v) is 4.81. The SMILES string of the molecule is Cc1ccc2c(c1)C(=O)N(C1CCC(=O)N(COC(=O)C(C)(C)C)C1=O)C2=O. The maximum Gasteiger partial charge on any atom is 0.312 e. The third-order valence-electron chi connectivity index (χ3n) is 4.81. The number of esters is 1. The van der Waals surface area contributed by atoms with E-state index in [1.807, 2.05) is 0 Å². The van der Waals surface area contributed by atoms with Crippen LogP contribution in [0.3, 0.4) is 0 Å². The molecule has 8 nitrogen and oxygen atoms in total. The zero-order valence-electron chi connectivity index (χ0n) is 16.3. The van der Waals surface area contributed by atoms with Gasteiger partial charge in [0.25, 0.3) is 17.7 Å². The number of carbonyl (C=O) groups excluding carboxylic acids is 5. The van der Waals surface area contributed by atoms with Gasteiger partial charge in [-0.3, -0.25) is 28.9 Å². The molecule has 2 heterocycles. The van der Waals surface area contributed by atoms with Gasteiger partial charge in [0.1, 0.15) is 6.04 Å². The Labute approximate surface area is 162 Å². The zero-order chi connectivity index (χ0) is 20.8. The highest BCUT2D eigenvalue weighted by Crippen LogP contribution is 2.29. The fraction of sp³-hybridized carbons (Fsp3) is 0.450. The summed E-state index contributed by atoms with van der Waals surface area (Å²) in [6.07, 6.45) is 0.0156. The van der Waals surface area contributed by atoms with Gasteiger partial charge in [0.15, 0.2) is 6.73 Å². The van der Waals surface area contributed by atoms with Crippen LogP contribution in [0.2, 0.25) is 0 Å². The minimum absolute atomic E-state index is 0.0318. The maximum atomic E-state index is 12.9. The molecule has 0 aromatic heterocycles. The Morgan fingerprint density at radius 2 is 1.75 bits per heavy atom. The Kier molecular flexibility index (Phi) is 4.82. The lowest BCUT2D eigenvalue weighted by Crippen LogP contribution is -2.56. The number of rotatable bonds is 3. The van der Waals surface area contributed by atoms with Crippen molar-refractivity contribution in [3.63, 3.8) is 0 Å². The molecule has 4 amide bonds. The molecule has 0 bridgehead atoms. The second-order valence-corrected chi connectivity index (χ2v) is 8.05. The maximum absolute atomic E-state index is 12.9. The van der Waals surface area contributed by atoms with Gasteiger partial charge in [0, 0.05) is 6.42 Å². The van der Waals surface area contributed by atoms with Crippen molar-refractivity contribution in [3.8, 4) is 0 Å². The predicted octanol–water partition coefficient (Wildman–Crippen LogP) is 1.66. The van der Waals surface area contributed by atoms with E-state index in [4.69, 9.17) is 4.74 Å². The molecular formula is C20H22N2O6. The van der Waals surface area contributed by atoms with E-state index in [9.17, 15) is 24.0 Å². The number of aryl methyl sites for hydroxylation is 1. The van der Waals surface area contributed by atoms with Crippen LogP contribution in [0.1, 0.15) is 59.9 Å². The number of piperidine rings is 1. The summed E-state index contributed by atoms with van der Waals surface area (Å²) in [5.41, 5.74) is 0.524. The van der Waals surface area contributed by atoms with Crippen LogP contribution in [-0.2, 0) is 19.1 Å². The molecule has 1 aromatic carbocycles. The first kappa shape index (κ1) is 19.7. The highest BCUT2D eigenvalue weighted by molar-refractivity contribution is 6.23. The minimum Gasteiger partial charge on any atom is -0.443 e. The standard InChI is InChI=1S/C20H22N2O6/c1-11-5-6-12-13(9-11)17(25)22(16(12)24)14-7-8-15(23)21(18(14)26)10-28-19(27)20(2,3)4/h5-6,9,14H,7-8,10H2,1-4H3. The topological polar surface area (TPSA) is 101 Å². The van der Waals surface area contributed by atoms with Crippen LogP contribution in [0.5, 0.6) is 0 Å². The van der Waals surface area contributed by atoms with Gasteiger partial charge in [-0.25, -0.2) is 4.90 Å². The summed E-state index contributed by atoms with van der Waals surface area (Å²) in [4.78, 5) is 64.2.